The molecule has 0 N–H and O–H groups in total. The van der Waals surface area contributed by atoms with Crippen LogP contribution in [-0.2, 0) is 24.8 Å². The zero-order chi connectivity index (χ0) is 18.9. The van der Waals surface area contributed by atoms with Crippen LogP contribution in [0.15, 0.2) is 23.2 Å². The fourth-order valence-corrected chi connectivity index (χ4v) is 4.40. The van der Waals surface area contributed by atoms with Gasteiger partial charge in [-0.3, -0.25) is 0 Å². The fraction of sp³-hybridized carbons (Fsp3) is 0.333. The van der Waals surface area contributed by atoms with Crippen LogP contribution in [-0.4, -0.2) is 4.98 Å². The molecule has 0 atom stereocenters. The second-order valence-corrected chi connectivity index (χ2v) is 7.27. The summed E-state index contributed by atoms with van der Waals surface area (Å²) in [6.45, 7) is 0. The molecule has 2 aromatic rings. The van der Waals surface area contributed by atoms with E-state index in [0.29, 0.717) is 18.5 Å². The molecule has 136 valence electrons. The highest BCUT2D eigenvalue weighted by atomic mass is 35.5. The minimum Gasteiger partial charge on any atom is -0.245 e. The van der Waals surface area contributed by atoms with E-state index in [1.165, 1.54) is 18.2 Å². The number of benzene rings is 1. The Morgan fingerprint density at radius 1 is 1.23 bits per heavy atom. The molecule has 1 aliphatic rings. The lowest BCUT2D eigenvalue weighted by molar-refractivity contribution is -0.138. The number of rotatable bonds is 3. The molecule has 8 heteroatoms. The highest BCUT2D eigenvalue weighted by molar-refractivity contribution is 7.98. The van der Waals surface area contributed by atoms with Crippen LogP contribution in [0.1, 0.15) is 40.8 Å². The van der Waals surface area contributed by atoms with E-state index in [-0.39, 0.29) is 33.3 Å². The van der Waals surface area contributed by atoms with Gasteiger partial charge in [-0.1, -0.05) is 17.7 Å². The summed E-state index contributed by atoms with van der Waals surface area (Å²) < 4.78 is 54.8. The Bertz CT molecular complexity index is 870. The molecular formula is C18H13ClF4N2S. The summed E-state index contributed by atoms with van der Waals surface area (Å²) in [5.74, 6) is -0.555. The third-order valence-corrected chi connectivity index (χ3v) is 5.61. The van der Waals surface area contributed by atoms with Crippen LogP contribution in [0.25, 0.3) is 0 Å². The Hall–Kier alpha value is -1.78. The molecule has 2 nitrogen and oxygen atoms in total. The van der Waals surface area contributed by atoms with Crippen LogP contribution in [0.4, 0.5) is 17.6 Å². The van der Waals surface area contributed by atoms with Gasteiger partial charge in [0, 0.05) is 22.0 Å². The van der Waals surface area contributed by atoms with Crippen LogP contribution >= 0.6 is 23.4 Å². The zero-order valence-corrected chi connectivity index (χ0v) is 15.0. The number of aryl methyl sites for hydroxylation is 1. The molecule has 0 saturated carbocycles. The summed E-state index contributed by atoms with van der Waals surface area (Å²) >= 11 is 6.87. The average molecular weight is 401 g/mol. The van der Waals surface area contributed by atoms with Crippen molar-refractivity contribution < 1.29 is 17.6 Å². The van der Waals surface area contributed by atoms with Gasteiger partial charge in [-0.2, -0.15) is 18.4 Å². The summed E-state index contributed by atoms with van der Waals surface area (Å²) in [4.78, 5) is 4.31. The van der Waals surface area contributed by atoms with Crippen molar-refractivity contribution in [2.24, 2.45) is 0 Å². The number of hydrogen-bond acceptors (Lipinski definition) is 3. The molecule has 0 fully saturated rings. The van der Waals surface area contributed by atoms with Crippen LogP contribution in [0.3, 0.4) is 0 Å². The van der Waals surface area contributed by atoms with Gasteiger partial charge in [0.1, 0.15) is 16.9 Å². The van der Waals surface area contributed by atoms with E-state index in [0.717, 1.165) is 18.2 Å². The lowest BCUT2D eigenvalue weighted by atomic mass is 9.90. The van der Waals surface area contributed by atoms with E-state index >= 15 is 0 Å². The van der Waals surface area contributed by atoms with E-state index in [2.05, 4.69) is 4.98 Å². The van der Waals surface area contributed by atoms with E-state index in [4.69, 9.17) is 11.6 Å². The highest BCUT2D eigenvalue weighted by Crippen LogP contribution is 2.42. The Morgan fingerprint density at radius 3 is 2.62 bits per heavy atom. The van der Waals surface area contributed by atoms with Crippen LogP contribution in [0.2, 0.25) is 5.02 Å². The molecule has 26 heavy (non-hydrogen) atoms. The summed E-state index contributed by atoms with van der Waals surface area (Å²) in [5.41, 5.74) is -0.711. The first-order valence-corrected chi connectivity index (χ1v) is 9.28. The van der Waals surface area contributed by atoms with E-state index in [1.807, 2.05) is 0 Å². The first kappa shape index (κ1) is 19.0. The molecule has 1 aliphatic carbocycles. The zero-order valence-electron chi connectivity index (χ0n) is 13.5. The van der Waals surface area contributed by atoms with Crippen molar-refractivity contribution in [1.82, 2.24) is 4.98 Å². The Labute approximate surface area is 157 Å². The van der Waals surface area contributed by atoms with Gasteiger partial charge < -0.3 is 0 Å². The molecular weight excluding hydrogens is 388 g/mol. The maximum absolute atomic E-state index is 13.9. The molecule has 0 aliphatic heterocycles. The van der Waals surface area contributed by atoms with E-state index in [9.17, 15) is 22.8 Å². The topological polar surface area (TPSA) is 36.7 Å². The Balaban J connectivity index is 2.06. The van der Waals surface area contributed by atoms with Crippen molar-refractivity contribution in [3.63, 3.8) is 0 Å². The normalized spacial score (nSPS) is 14.0. The highest BCUT2D eigenvalue weighted by Gasteiger charge is 2.39. The first-order chi connectivity index (χ1) is 12.3. The minimum absolute atomic E-state index is 0.0106. The maximum Gasteiger partial charge on any atom is 0.418 e. The van der Waals surface area contributed by atoms with E-state index < -0.39 is 23.1 Å². The molecule has 0 amide bonds. The molecule has 0 saturated heterocycles. The predicted octanol–water partition coefficient (Wildman–Crippen LogP) is 5.94. The average Bonchev–Trinajstić information content (AvgIpc) is 2.59. The minimum atomic E-state index is -4.64. The van der Waals surface area contributed by atoms with Gasteiger partial charge in [0.05, 0.1) is 11.1 Å². The number of pyridine rings is 1. The molecule has 3 rings (SSSR count). The molecule has 0 radical (unpaired) electrons. The summed E-state index contributed by atoms with van der Waals surface area (Å²) in [6.07, 6.45) is -2.54. The van der Waals surface area contributed by atoms with Gasteiger partial charge in [0.25, 0.3) is 0 Å². The number of nitrogens with zero attached hydrogens (tertiary/aromatic N) is 2. The lowest BCUT2D eigenvalue weighted by Crippen LogP contribution is -2.19. The van der Waals surface area contributed by atoms with Gasteiger partial charge in [-0.25, -0.2) is 9.37 Å². The lowest BCUT2D eigenvalue weighted by Gasteiger charge is -2.23. The Morgan fingerprint density at radius 2 is 1.96 bits per heavy atom. The number of thioether (sulfide) groups is 1. The van der Waals surface area contributed by atoms with Crippen molar-refractivity contribution >= 4 is 23.4 Å². The van der Waals surface area contributed by atoms with Crippen molar-refractivity contribution in [2.75, 3.05) is 0 Å². The SMILES string of the molecule is N#Cc1c(SCc2c(F)cccc2Cl)nc2c(c1C(F)(F)F)CCCC2. The standard InChI is InChI=1S/C18H13ClF4N2S/c19-13-5-3-6-14(20)12(13)9-26-17-11(8-24)16(18(21,22)23)10-4-1-2-7-15(10)25-17/h3,5-6H,1-2,4,7,9H2. The molecule has 0 spiro atoms. The van der Waals surface area contributed by atoms with Gasteiger partial charge in [0.2, 0.25) is 0 Å². The summed E-state index contributed by atoms with van der Waals surface area (Å²) in [6, 6.07) is 5.84. The van der Waals surface area contributed by atoms with Gasteiger partial charge >= 0.3 is 6.18 Å². The smallest absolute Gasteiger partial charge is 0.245 e. The van der Waals surface area contributed by atoms with Crippen LogP contribution in [0.5, 0.6) is 0 Å². The molecule has 0 unspecified atom stereocenters. The number of hydrogen-bond donors (Lipinski definition) is 0. The van der Waals surface area contributed by atoms with Crippen LogP contribution < -0.4 is 0 Å². The predicted molar refractivity (Wildman–Crippen MR) is 91.6 cm³/mol. The van der Waals surface area contributed by atoms with E-state index in [1.54, 1.807) is 6.07 Å². The molecule has 0 bridgehead atoms. The first-order valence-electron chi connectivity index (χ1n) is 7.91. The fourth-order valence-electron chi connectivity index (χ4n) is 3.05. The van der Waals surface area contributed by atoms with Gasteiger partial charge in [-0.15, -0.1) is 11.8 Å². The third-order valence-electron chi connectivity index (χ3n) is 4.25. The number of nitriles is 1. The number of alkyl halides is 3. The van der Waals surface area contributed by atoms with Crippen LogP contribution in [0, 0.1) is 17.1 Å². The second-order valence-electron chi connectivity index (χ2n) is 5.90. The third kappa shape index (κ3) is 3.67. The van der Waals surface area contributed by atoms with Crippen molar-refractivity contribution in [2.45, 2.75) is 42.6 Å². The number of fused-ring (bicyclic) bond motifs is 1. The quantitative estimate of drug-likeness (QED) is 0.473. The van der Waals surface area contributed by atoms with Gasteiger partial charge in [0.15, 0.2) is 0 Å². The monoisotopic (exact) mass is 400 g/mol. The summed E-state index contributed by atoms with van der Waals surface area (Å²) in [7, 11) is 0. The Kier molecular flexibility index (Phi) is 5.44. The van der Waals surface area contributed by atoms with Crippen molar-refractivity contribution in [1.29, 1.82) is 5.26 Å². The second kappa shape index (κ2) is 7.45. The number of halogens is 5. The molecule has 1 heterocycles. The maximum atomic E-state index is 13.9. The van der Waals surface area contributed by atoms with Gasteiger partial charge in [-0.05, 0) is 43.4 Å². The molecule has 1 aromatic heterocycles. The van der Waals surface area contributed by atoms with Crippen molar-refractivity contribution in [3.05, 3.63) is 57.0 Å². The molecule has 1 aromatic carbocycles. The number of aromatic nitrogens is 1. The largest absolute Gasteiger partial charge is 0.418 e. The van der Waals surface area contributed by atoms with Crippen molar-refractivity contribution in [3.8, 4) is 6.07 Å². The summed E-state index contributed by atoms with van der Waals surface area (Å²) in [5, 5.41) is 9.52.